The number of amides is 1. The van der Waals surface area contributed by atoms with Gasteiger partial charge in [0, 0.05) is 13.1 Å². The molecular formula is C18H25N3O2S. The van der Waals surface area contributed by atoms with Gasteiger partial charge in [0.15, 0.2) is 5.13 Å². The van der Waals surface area contributed by atoms with Crippen molar-refractivity contribution in [1.29, 1.82) is 0 Å². The number of hydrogen-bond acceptors (Lipinski definition) is 5. The van der Waals surface area contributed by atoms with Crippen LogP contribution < -0.4 is 5.32 Å². The summed E-state index contributed by atoms with van der Waals surface area (Å²) in [4.78, 5) is 19.7. The molecule has 3 atom stereocenters. The van der Waals surface area contributed by atoms with Gasteiger partial charge >= 0.3 is 0 Å². The summed E-state index contributed by atoms with van der Waals surface area (Å²) in [7, 11) is 0. The number of anilines is 1. The Hall–Kier alpha value is -1.50. The third-order valence-corrected chi connectivity index (χ3v) is 5.22. The first-order valence-corrected chi connectivity index (χ1v) is 9.31. The van der Waals surface area contributed by atoms with E-state index >= 15 is 0 Å². The molecule has 1 aromatic heterocycles. The van der Waals surface area contributed by atoms with Crippen molar-refractivity contribution < 1.29 is 9.53 Å². The third kappa shape index (κ3) is 3.77. The van der Waals surface area contributed by atoms with Gasteiger partial charge in [0.2, 0.25) is 5.91 Å². The number of benzene rings is 1. The maximum atomic E-state index is 12.9. The summed E-state index contributed by atoms with van der Waals surface area (Å²) in [5.74, 6) is 0.238. The maximum Gasteiger partial charge on any atom is 0.243 e. The predicted octanol–water partition coefficient (Wildman–Crippen LogP) is 3.37. The van der Waals surface area contributed by atoms with Crippen LogP contribution in [0.25, 0.3) is 10.2 Å². The highest BCUT2D eigenvalue weighted by atomic mass is 32.1. The number of nitrogens with one attached hydrogen (secondary N) is 1. The van der Waals surface area contributed by atoms with Crippen molar-refractivity contribution in [2.45, 2.75) is 45.9 Å². The van der Waals surface area contributed by atoms with Crippen LogP contribution in [0.15, 0.2) is 24.3 Å². The van der Waals surface area contributed by atoms with Gasteiger partial charge in [-0.3, -0.25) is 9.69 Å². The second kappa shape index (κ2) is 7.17. The molecule has 1 fully saturated rings. The molecule has 5 nitrogen and oxygen atoms in total. The van der Waals surface area contributed by atoms with Crippen LogP contribution in [-0.4, -0.2) is 47.1 Å². The molecule has 24 heavy (non-hydrogen) atoms. The Kier molecular flexibility index (Phi) is 5.18. The molecule has 0 aliphatic carbocycles. The normalized spacial score (nSPS) is 23.5. The van der Waals surface area contributed by atoms with Crippen LogP contribution in [0.1, 0.15) is 27.7 Å². The first-order valence-electron chi connectivity index (χ1n) is 8.50. The molecule has 6 heteroatoms. The number of morpholine rings is 1. The van der Waals surface area contributed by atoms with Crippen LogP contribution in [0.3, 0.4) is 0 Å². The van der Waals surface area contributed by atoms with Crippen molar-refractivity contribution in [3.63, 3.8) is 0 Å². The molecule has 0 spiro atoms. The Bertz CT molecular complexity index is 672. The number of carbonyl (C=O) groups excluding carboxylic acids is 1. The number of rotatable bonds is 4. The molecule has 3 unspecified atom stereocenters. The minimum atomic E-state index is -0.175. The lowest BCUT2D eigenvalue weighted by molar-refractivity contribution is -0.130. The zero-order chi connectivity index (χ0) is 17.3. The van der Waals surface area contributed by atoms with E-state index in [1.165, 1.54) is 11.3 Å². The largest absolute Gasteiger partial charge is 0.373 e. The maximum absolute atomic E-state index is 12.9. The first-order chi connectivity index (χ1) is 11.4. The van der Waals surface area contributed by atoms with Crippen molar-refractivity contribution >= 4 is 32.6 Å². The molecule has 0 saturated carbocycles. The van der Waals surface area contributed by atoms with Crippen molar-refractivity contribution in [2.24, 2.45) is 5.92 Å². The number of hydrogen-bond donors (Lipinski definition) is 1. The quantitative estimate of drug-likeness (QED) is 0.921. The number of thiazole rings is 1. The van der Waals surface area contributed by atoms with Gasteiger partial charge < -0.3 is 10.1 Å². The molecule has 1 N–H and O–H groups in total. The van der Waals surface area contributed by atoms with Gasteiger partial charge in [-0.05, 0) is 31.9 Å². The van der Waals surface area contributed by atoms with E-state index in [0.717, 1.165) is 23.3 Å². The van der Waals surface area contributed by atoms with E-state index in [0.29, 0.717) is 5.13 Å². The Morgan fingerprint density at radius 1 is 1.29 bits per heavy atom. The van der Waals surface area contributed by atoms with Gasteiger partial charge in [-0.1, -0.05) is 37.3 Å². The number of nitrogens with zero attached hydrogens (tertiary/aromatic N) is 2. The second-order valence-electron chi connectivity index (χ2n) is 6.88. The van der Waals surface area contributed by atoms with Crippen LogP contribution in [0, 0.1) is 5.92 Å². The average Bonchev–Trinajstić information content (AvgIpc) is 2.87. The van der Waals surface area contributed by atoms with Crippen molar-refractivity contribution in [3.8, 4) is 0 Å². The van der Waals surface area contributed by atoms with E-state index in [1.807, 2.05) is 24.3 Å². The summed E-state index contributed by atoms with van der Waals surface area (Å²) < 4.78 is 6.89. The lowest BCUT2D eigenvalue weighted by atomic mass is 10.00. The van der Waals surface area contributed by atoms with Gasteiger partial charge in [0.1, 0.15) is 0 Å². The highest BCUT2D eigenvalue weighted by molar-refractivity contribution is 7.22. The number of para-hydroxylation sites is 1. The molecule has 3 rings (SSSR count). The number of aromatic nitrogens is 1. The molecule has 2 aromatic rings. The van der Waals surface area contributed by atoms with Gasteiger partial charge in [0.25, 0.3) is 0 Å². The van der Waals surface area contributed by atoms with E-state index in [2.05, 4.69) is 42.9 Å². The topological polar surface area (TPSA) is 54.5 Å². The zero-order valence-electron chi connectivity index (χ0n) is 14.7. The number of carbonyl (C=O) groups is 1. The summed E-state index contributed by atoms with van der Waals surface area (Å²) >= 11 is 1.52. The van der Waals surface area contributed by atoms with Crippen LogP contribution in [0.5, 0.6) is 0 Å². The van der Waals surface area contributed by atoms with E-state index in [9.17, 15) is 4.79 Å². The number of ether oxygens (including phenoxy) is 1. The minimum absolute atomic E-state index is 0.0188. The average molecular weight is 347 g/mol. The lowest BCUT2D eigenvalue weighted by Gasteiger charge is -2.40. The van der Waals surface area contributed by atoms with Crippen LogP contribution in [0.2, 0.25) is 0 Å². The molecule has 1 amide bonds. The Labute approximate surface area is 147 Å². The fraction of sp³-hybridized carbons (Fsp3) is 0.556. The fourth-order valence-electron chi connectivity index (χ4n) is 3.44. The standard InChI is InChI=1S/C18H25N3O2S/c1-11(2)16(21-9-12(3)23-13(4)10-21)17(22)20-18-19-14-7-5-6-8-15(14)24-18/h5-8,11-13,16H,9-10H2,1-4H3,(H,19,20,22). The van der Waals surface area contributed by atoms with Crippen molar-refractivity contribution in [2.75, 3.05) is 18.4 Å². The van der Waals surface area contributed by atoms with E-state index < -0.39 is 0 Å². The van der Waals surface area contributed by atoms with Gasteiger partial charge in [-0.15, -0.1) is 0 Å². The minimum Gasteiger partial charge on any atom is -0.373 e. The molecule has 130 valence electrons. The molecule has 1 aliphatic heterocycles. The molecule has 1 aromatic carbocycles. The lowest BCUT2D eigenvalue weighted by Crippen LogP contribution is -2.55. The third-order valence-electron chi connectivity index (χ3n) is 4.27. The van der Waals surface area contributed by atoms with Crippen molar-refractivity contribution in [1.82, 2.24) is 9.88 Å². The van der Waals surface area contributed by atoms with E-state index in [1.54, 1.807) is 0 Å². The summed E-state index contributed by atoms with van der Waals surface area (Å²) in [6.45, 7) is 9.86. The predicted molar refractivity (Wildman–Crippen MR) is 98.5 cm³/mol. The first kappa shape index (κ1) is 17.3. The van der Waals surface area contributed by atoms with Crippen LogP contribution in [0.4, 0.5) is 5.13 Å². The van der Waals surface area contributed by atoms with Gasteiger partial charge in [-0.2, -0.15) is 0 Å². The highest BCUT2D eigenvalue weighted by Crippen LogP contribution is 2.26. The van der Waals surface area contributed by atoms with Crippen molar-refractivity contribution in [3.05, 3.63) is 24.3 Å². The SMILES string of the molecule is CC1CN(C(C(=O)Nc2nc3ccccc3s2)C(C)C)CC(C)O1. The van der Waals surface area contributed by atoms with Gasteiger partial charge in [-0.25, -0.2) is 4.98 Å². The molecule has 1 saturated heterocycles. The fourth-order valence-corrected chi connectivity index (χ4v) is 4.31. The molecule has 2 heterocycles. The molecule has 0 bridgehead atoms. The Morgan fingerprint density at radius 2 is 1.96 bits per heavy atom. The summed E-state index contributed by atoms with van der Waals surface area (Å²) in [6, 6.07) is 7.76. The Balaban J connectivity index is 1.76. The molecule has 1 aliphatic rings. The summed E-state index contributed by atoms with van der Waals surface area (Å²) in [6.07, 6.45) is 0.288. The summed E-state index contributed by atoms with van der Waals surface area (Å²) in [5.41, 5.74) is 0.924. The Morgan fingerprint density at radius 3 is 2.58 bits per heavy atom. The van der Waals surface area contributed by atoms with Crippen LogP contribution in [-0.2, 0) is 9.53 Å². The van der Waals surface area contributed by atoms with Gasteiger partial charge in [0.05, 0.1) is 28.5 Å². The second-order valence-corrected chi connectivity index (χ2v) is 7.91. The smallest absolute Gasteiger partial charge is 0.243 e. The van der Waals surface area contributed by atoms with E-state index in [4.69, 9.17) is 4.74 Å². The molecule has 0 radical (unpaired) electrons. The monoisotopic (exact) mass is 347 g/mol. The molecular weight excluding hydrogens is 322 g/mol. The zero-order valence-corrected chi connectivity index (χ0v) is 15.5. The van der Waals surface area contributed by atoms with Crippen LogP contribution >= 0.6 is 11.3 Å². The highest BCUT2D eigenvalue weighted by Gasteiger charge is 2.34. The van der Waals surface area contributed by atoms with E-state index in [-0.39, 0.29) is 30.1 Å². The number of fused-ring (bicyclic) bond motifs is 1. The summed E-state index contributed by atoms with van der Waals surface area (Å²) in [5, 5.41) is 3.69.